The number of rotatable bonds is 2. The van der Waals surface area contributed by atoms with Gasteiger partial charge in [0.25, 0.3) is 0 Å². The third-order valence-corrected chi connectivity index (χ3v) is 3.29. The molecule has 0 unspecified atom stereocenters. The maximum atomic E-state index is 11.5. The van der Waals surface area contributed by atoms with E-state index < -0.39 is 11.9 Å². The van der Waals surface area contributed by atoms with Crippen LogP contribution in [0.1, 0.15) is 12.8 Å². The number of urea groups is 1. The van der Waals surface area contributed by atoms with Crippen LogP contribution >= 0.6 is 0 Å². The van der Waals surface area contributed by atoms with E-state index in [1.807, 2.05) is 6.08 Å². The smallest absolute Gasteiger partial charge is 0.423 e. The zero-order valence-corrected chi connectivity index (χ0v) is 11.2. The molecule has 3 amide bonds. The predicted molar refractivity (Wildman–Crippen MR) is 53.0 cm³/mol. The fourth-order valence-electron chi connectivity index (χ4n) is 2.37. The van der Waals surface area contributed by atoms with E-state index in [9.17, 15) is 9.59 Å². The molecule has 3 aliphatic rings. The molecule has 0 spiro atoms. The number of amides is 3. The Morgan fingerprint density at radius 2 is 2.19 bits per heavy atom. The van der Waals surface area contributed by atoms with Crippen molar-refractivity contribution in [3.05, 3.63) is 17.0 Å². The van der Waals surface area contributed by atoms with Gasteiger partial charge in [-0.3, -0.25) is 9.59 Å². The quantitative estimate of drug-likeness (QED) is 0.415. The van der Waals surface area contributed by atoms with E-state index in [2.05, 4.69) is 5.32 Å². The number of primary amides is 1. The number of hydrogen-bond acceptors (Lipinski definition) is 2. The topological polar surface area (TPSA) is 77.5 Å². The van der Waals surface area contributed by atoms with Crippen molar-refractivity contribution in [1.29, 1.82) is 0 Å². The van der Waals surface area contributed by atoms with Gasteiger partial charge in [0.15, 0.2) is 6.03 Å². The number of carbonyl (C=O) groups is 2. The van der Waals surface area contributed by atoms with Gasteiger partial charge in [-0.1, -0.05) is 11.6 Å². The molecule has 5 nitrogen and oxygen atoms in total. The molecule has 0 aromatic carbocycles. The van der Waals surface area contributed by atoms with Gasteiger partial charge in [0.1, 0.15) is 0 Å². The van der Waals surface area contributed by atoms with Crippen LogP contribution in [0.2, 0.25) is 0 Å². The first-order valence-electron chi connectivity index (χ1n) is 5.19. The van der Waals surface area contributed by atoms with Crippen LogP contribution in [0.4, 0.5) is 4.79 Å². The third kappa shape index (κ3) is 1.77. The first kappa shape index (κ1) is 12.0. The normalized spacial score (nSPS) is 31.6. The van der Waals surface area contributed by atoms with Crippen molar-refractivity contribution in [1.82, 2.24) is 4.90 Å². The van der Waals surface area contributed by atoms with Crippen molar-refractivity contribution in [3.63, 3.8) is 0 Å². The summed E-state index contributed by atoms with van der Waals surface area (Å²) >= 11 is 0. The Balaban J connectivity index is 0.000000963. The Kier molecular flexibility index (Phi) is 3.03. The Morgan fingerprint density at radius 1 is 1.50 bits per heavy atom. The summed E-state index contributed by atoms with van der Waals surface area (Å²) in [5, 5.41) is 4.04. The second-order valence-corrected chi connectivity index (χ2v) is 4.37. The second-order valence-electron chi connectivity index (χ2n) is 4.37. The fourth-order valence-corrected chi connectivity index (χ4v) is 2.37. The van der Waals surface area contributed by atoms with Crippen molar-refractivity contribution in [3.8, 4) is 0 Å². The summed E-state index contributed by atoms with van der Waals surface area (Å²) in [5.41, 5.74) is 6.43. The SMILES string of the molecule is NC(=O)[C@@H]1C=C(C2CC2)[C@@H]2CN1C(=O)[N-]2.[Na+]. The van der Waals surface area contributed by atoms with Crippen LogP contribution in [0.5, 0.6) is 0 Å². The Bertz CT molecular complexity index is 378. The van der Waals surface area contributed by atoms with E-state index >= 15 is 0 Å². The van der Waals surface area contributed by atoms with Crippen LogP contribution in [0, 0.1) is 5.92 Å². The van der Waals surface area contributed by atoms with E-state index in [0.29, 0.717) is 12.5 Å². The minimum atomic E-state index is -0.574. The zero-order chi connectivity index (χ0) is 10.6. The molecular weight excluding hydrogens is 217 g/mol. The molecule has 0 aromatic rings. The van der Waals surface area contributed by atoms with Gasteiger partial charge in [0.2, 0.25) is 5.91 Å². The second kappa shape index (κ2) is 4.05. The van der Waals surface area contributed by atoms with Gasteiger partial charge in [0.05, 0.1) is 6.04 Å². The van der Waals surface area contributed by atoms with Gasteiger partial charge in [0, 0.05) is 0 Å². The zero-order valence-electron chi connectivity index (χ0n) is 9.22. The summed E-state index contributed by atoms with van der Waals surface area (Å²) < 4.78 is 0. The number of nitrogens with two attached hydrogens (primary N) is 1. The van der Waals surface area contributed by atoms with Crippen molar-refractivity contribution in [2.45, 2.75) is 24.9 Å². The summed E-state index contributed by atoms with van der Waals surface area (Å²) in [6.45, 7) is 0.536. The number of hydrogen-bond donors (Lipinski definition) is 1. The standard InChI is InChI=1S/C10H13N3O2.Na/c11-9(14)8-3-6(5-1-2-5)7-4-13(8)10(15)12-7;/h3,5,7-8H,1-2,4H2,(H3,11,12,14,15);/q;+1/p-1/t7-,8-;/m0./s1. The molecule has 2 fully saturated rings. The number of fused-ring (bicyclic) bond motifs is 2. The summed E-state index contributed by atoms with van der Waals surface area (Å²) in [6, 6.07) is -0.883. The summed E-state index contributed by atoms with van der Waals surface area (Å²) in [5.74, 6) is 0.0747. The Labute approximate surface area is 116 Å². The van der Waals surface area contributed by atoms with Crippen LogP contribution in [-0.4, -0.2) is 35.5 Å². The first-order valence-corrected chi connectivity index (χ1v) is 5.19. The van der Waals surface area contributed by atoms with Gasteiger partial charge < -0.3 is 16.0 Å². The molecule has 0 radical (unpaired) electrons. The molecule has 80 valence electrons. The summed E-state index contributed by atoms with van der Waals surface area (Å²) in [6.07, 6.45) is 4.15. The Morgan fingerprint density at radius 3 is 2.75 bits per heavy atom. The minimum absolute atomic E-state index is 0. The molecule has 2 bridgehead atoms. The molecule has 2 aliphatic heterocycles. The van der Waals surface area contributed by atoms with Gasteiger partial charge >= 0.3 is 29.6 Å². The molecule has 16 heavy (non-hydrogen) atoms. The summed E-state index contributed by atoms with van der Waals surface area (Å²) in [7, 11) is 0. The van der Waals surface area contributed by atoms with E-state index in [0.717, 1.165) is 18.4 Å². The first-order chi connectivity index (χ1) is 7.16. The molecule has 2 N–H and O–H groups in total. The molecule has 2 heterocycles. The Hall–Kier alpha value is -0.520. The molecule has 6 heteroatoms. The van der Waals surface area contributed by atoms with Gasteiger partial charge in [-0.05, 0) is 31.3 Å². The van der Waals surface area contributed by atoms with Crippen LogP contribution in [-0.2, 0) is 4.79 Å². The van der Waals surface area contributed by atoms with Crippen molar-refractivity contribution in [2.75, 3.05) is 6.54 Å². The molecule has 3 rings (SSSR count). The number of nitrogens with zero attached hydrogens (tertiary/aromatic N) is 2. The molecule has 2 atom stereocenters. The maximum Gasteiger partial charge on any atom is 1.00 e. The molecule has 1 aliphatic carbocycles. The fraction of sp³-hybridized carbons (Fsp3) is 0.600. The van der Waals surface area contributed by atoms with Crippen molar-refractivity contribution in [2.24, 2.45) is 11.7 Å². The van der Waals surface area contributed by atoms with Crippen molar-refractivity contribution < 1.29 is 39.1 Å². The van der Waals surface area contributed by atoms with Crippen LogP contribution in [0.25, 0.3) is 5.32 Å². The largest absolute Gasteiger partial charge is 1.00 e. The molecule has 1 saturated heterocycles. The van der Waals surface area contributed by atoms with Crippen LogP contribution < -0.4 is 35.3 Å². The van der Waals surface area contributed by atoms with E-state index in [1.54, 1.807) is 0 Å². The molecular formula is C10H12N3NaO2. The summed E-state index contributed by atoms with van der Waals surface area (Å²) in [4.78, 5) is 24.2. The van der Waals surface area contributed by atoms with Gasteiger partial charge in [-0.2, -0.15) is 0 Å². The molecule has 0 aromatic heterocycles. The maximum absolute atomic E-state index is 11.5. The monoisotopic (exact) mass is 229 g/mol. The van der Waals surface area contributed by atoms with Gasteiger partial charge in [-0.25, -0.2) is 0 Å². The van der Waals surface area contributed by atoms with Crippen molar-refractivity contribution >= 4 is 11.9 Å². The van der Waals surface area contributed by atoms with E-state index in [1.165, 1.54) is 4.90 Å². The van der Waals surface area contributed by atoms with Crippen LogP contribution in [0.15, 0.2) is 11.6 Å². The average Bonchev–Trinajstić information content (AvgIpc) is 2.95. The minimum Gasteiger partial charge on any atom is -0.423 e. The number of carbonyl (C=O) groups excluding carboxylic acids is 2. The third-order valence-electron chi connectivity index (χ3n) is 3.29. The molecule has 1 saturated carbocycles. The van der Waals surface area contributed by atoms with Crippen LogP contribution in [0.3, 0.4) is 0 Å². The van der Waals surface area contributed by atoms with Gasteiger partial charge in [-0.15, -0.1) is 0 Å². The average molecular weight is 229 g/mol. The van der Waals surface area contributed by atoms with E-state index in [-0.39, 0.29) is 41.6 Å². The predicted octanol–water partition coefficient (Wildman–Crippen LogP) is -2.63. The van der Waals surface area contributed by atoms with E-state index in [4.69, 9.17) is 5.73 Å².